The number of carboxylic acid groups (broad SMARTS) is 1. The fraction of sp³-hybridized carbons (Fsp3) is 0.214. The van der Waals surface area contributed by atoms with Crippen molar-refractivity contribution >= 4 is 27.3 Å². The number of thiophene rings is 1. The summed E-state index contributed by atoms with van der Waals surface area (Å²) in [7, 11) is -3.75. The SMILES string of the molecule is Cc1cscc1CNS(=O)(=O)c1cccc(C(=O)O)c1C. The minimum Gasteiger partial charge on any atom is -0.478 e. The zero-order valence-electron chi connectivity index (χ0n) is 11.6. The number of nitrogens with one attached hydrogen (secondary N) is 1. The zero-order chi connectivity index (χ0) is 15.6. The van der Waals surface area contributed by atoms with Gasteiger partial charge in [0, 0.05) is 6.54 Å². The second-order valence-corrected chi connectivity index (χ2v) is 7.12. The highest BCUT2D eigenvalue weighted by Crippen LogP contribution is 2.20. The Bertz CT molecular complexity index is 778. The van der Waals surface area contributed by atoms with Gasteiger partial charge in [0.15, 0.2) is 0 Å². The number of hydrogen-bond acceptors (Lipinski definition) is 4. The van der Waals surface area contributed by atoms with Crippen molar-refractivity contribution in [2.45, 2.75) is 25.3 Å². The molecule has 0 radical (unpaired) electrons. The third kappa shape index (κ3) is 3.31. The van der Waals surface area contributed by atoms with E-state index in [1.165, 1.54) is 36.5 Å². The summed E-state index contributed by atoms with van der Waals surface area (Å²) in [6.45, 7) is 3.60. The van der Waals surface area contributed by atoms with Crippen molar-refractivity contribution in [3.63, 3.8) is 0 Å². The lowest BCUT2D eigenvalue weighted by molar-refractivity contribution is 0.0696. The highest BCUT2D eigenvalue weighted by Gasteiger charge is 2.20. The molecule has 0 spiro atoms. The van der Waals surface area contributed by atoms with Crippen LogP contribution >= 0.6 is 11.3 Å². The fourth-order valence-electron chi connectivity index (χ4n) is 1.96. The quantitative estimate of drug-likeness (QED) is 0.885. The van der Waals surface area contributed by atoms with Crippen molar-refractivity contribution in [2.75, 3.05) is 0 Å². The molecule has 0 aliphatic carbocycles. The first-order valence-electron chi connectivity index (χ1n) is 6.17. The van der Waals surface area contributed by atoms with E-state index in [1.54, 1.807) is 0 Å². The number of sulfonamides is 1. The molecule has 2 aromatic rings. The van der Waals surface area contributed by atoms with Crippen molar-refractivity contribution in [3.8, 4) is 0 Å². The third-order valence-electron chi connectivity index (χ3n) is 3.22. The number of aryl methyl sites for hydroxylation is 1. The van der Waals surface area contributed by atoms with Gasteiger partial charge in [0.1, 0.15) is 0 Å². The Kier molecular flexibility index (Phi) is 4.46. The van der Waals surface area contributed by atoms with Crippen molar-refractivity contribution in [2.24, 2.45) is 0 Å². The first kappa shape index (κ1) is 15.7. The lowest BCUT2D eigenvalue weighted by Crippen LogP contribution is -2.24. The molecular weight excluding hydrogens is 310 g/mol. The van der Waals surface area contributed by atoms with E-state index in [9.17, 15) is 13.2 Å². The molecule has 2 rings (SSSR count). The van der Waals surface area contributed by atoms with E-state index in [-0.39, 0.29) is 22.6 Å². The number of carbonyl (C=O) groups is 1. The van der Waals surface area contributed by atoms with Crippen molar-refractivity contribution in [1.82, 2.24) is 4.72 Å². The van der Waals surface area contributed by atoms with Crippen LogP contribution in [-0.4, -0.2) is 19.5 Å². The number of benzene rings is 1. The monoisotopic (exact) mass is 325 g/mol. The molecule has 0 saturated heterocycles. The zero-order valence-corrected chi connectivity index (χ0v) is 13.2. The van der Waals surface area contributed by atoms with Crippen LogP contribution in [0.5, 0.6) is 0 Å². The molecule has 5 nitrogen and oxygen atoms in total. The molecular formula is C14H15NO4S2. The van der Waals surface area contributed by atoms with Crippen LogP contribution in [-0.2, 0) is 16.6 Å². The Morgan fingerprint density at radius 1 is 1.29 bits per heavy atom. The molecule has 0 unspecified atom stereocenters. The maximum atomic E-state index is 12.3. The van der Waals surface area contributed by atoms with Crippen molar-refractivity contribution in [3.05, 3.63) is 51.2 Å². The maximum absolute atomic E-state index is 12.3. The molecule has 0 fully saturated rings. The Morgan fingerprint density at radius 2 is 2.00 bits per heavy atom. The summed E-state index contributed by atoms with van der Waals surface area (Å²) >= 11 is 1.51. The number of hydrogen-bond donors (Lipinski definition) is 2. The molecule has 7 heteroatoms. The molecule has 21 heavy (non-hydrogen) atoms. The van der Waals surface area contributed by atoms with Gasteiger partial charge in [-0.2, -0.15) is 11.3 Å². The van der Waals surface area contributed by atoms with E-state index in [0.29, 0.717) is 0 Å². The number of aromatic carboxylic acids is 1. The average molecular weight is 325 g/mol. The Morgan fingerprint density at radius 3 is 2.57 bits per heavy atom. The molecule has 112 valence electrons. The lowest BCUT2D eigenvalue weighted by Gasteiger charge is -2.11. The third-order valence-corrected chi connectivity index (χ3v) is 5.67. The van der Waals surface area contributed by atoms with Crippen LogP contribution < -0.4 is 4.72 Å². The van der Waals surface area contributed by atoms with E-state index in [4.69, 9.17) is 5.11 Å². The van der Waals surface area contributed by atoms with Gasteiger partial charge in [-0.3, -0.25) is 0 Å². The second-order valence-electron chi connectivity index (χ2n) is 4.64. The Hall–Kier alpha value is -1.70. The normalized spacial score (nSPS) is 11.5. The molecule has 1 aromatic carbocycles. The van der Waals surface area contributed by atoms with Gasteiger partial charge in [0.2, 0.25) is 10.0 Å². The topological polar surface area (TPSA) is 83.5 Å². The molecule has 1 aromatic heterocycles. The van der Waals surface area contributed by atoms with Gasteiger partial charge in [-0.15, -0.1) is 0 Å². The molecule has 1 heterocycles. The van der Waals surface area contributed by atoms with Crippen LogP contribution in [0.25, 0.3) is 0 Å². The van der Waals surface area contributed by atoms with Gasteiger partial charge in [-0.25, -0.2) is 17.9 Å². The number of rotatable bonds is 5. The van der Waals surface area contributed by atoms with Crippen LogP contribution in [0.2, 0.25) is 0 Å². The summed E-state index contributed by atoms with van der Waals surface area (Å²) in [5, 5.41) is 12.9. The molecule has 0 bridgehead atoms. The summed E-state index contributed by atoms with van der Waals surface area (Å²) < 4.78 is 27.2. The molecule has 0 amide bonds. The van der Waals surface area contributed by atoms with E-state index in [2.05, 4.69) is 4.72 Å². The molecule has 0 aliphatic heterocycles. The van der Waals surface area contributed by atoms with Crippen LogP contribution in [0.1, 0.15) is 27.0 Å². The van der Waals surface area contributed by atoms with Crippen LogP contribution in [0, 0.1) is 13.8 Å². The lowest BCUT2D eigenvalue weighted by atomic mass is 10.1. The van der Waals surface area contributed by atoms with Crippen LogP contribution in [0.15, 0.2) is 33.9 Å². The molecule has 0 aliphatic rings. The molecule has 0 saturated carbocycles. The first-order valence-corrected chi connectivity index (χ1v) is 8.60. The fourth-order valence-corrected chi connectivity index (χ4v) is 4.08. The maximum Gasteiger partial charge on any atom is 0.335 e. The second kappa shape index (κ2) is 5.97. The van der Waals surface area contributed by atoms with E-state index in [1.807, 2.05) is 17.7 Å². The minimum atomic E-state index is -3.75. The largest absolute Gasteiger partial charge is 0.478 e. The van der Waals surface area contributed by atoms with Gasteiger partial charge < -0.3 is 5.11 Å². The predicted molar refractivity (Wildman–Crippen MR) is 81.2 cm³/mol. The van der Waals surface area contributed by atoms with Crippen LogP contribution in [0.3, 0.4) is 0 Å². The summed E-state index contributed by atoms with van der Waals surface area (Å²) in [4.78, 5) is 11.1. The van der Waals surface area contributed by atoms with Gasteiger partial charge in [-0.1, -0.05) is 6.07 Å². The molecule has 0 atom stereocenters. The smallest absolute Gasteiger partial charge is 0.335 e. The standard InChI is InChI=1S/C14H15NO4S2/c1-9-7-20-8-11(9)6-15-21(18,19)13-5-3-4-12(10(13)2)14(16)17/h3-5,7-8,15H,6H2,1-2H3,(H,16,17). The van der Waals surface area contributed by atoms with Gasteiger partial charge in [0.05, 0.1) is 10.5 Å². The van der Waals surface area contributed by atoms with Crippen molar-refractivity contribution in [1.29, 1.82) is 0 Å². The minimum absolute atomic E-state index is 0.00437. The Labute approximate surface area is 127 Å². The average Bonchev–Trinajstić information content (AvgIpc) is 2.82. The van der Waals surface area contributed by atoms with Gasteiger partial charge in [-0.05, 0) is 53.4 Å². The highest BCUT2D eigenvalue weighted by atomic mass is 32.2. The summed E-state index contributed by atoms with van der Waals surface area (Å²) in [5.74, 6) is -1.14. The highest BCUT2D eigenvalue weighted by molar-refractivity contribution is 7.89. The summed E-state index contributed by atoms with van der Waals surface area (Å²) in [5.41, 5.74) is 2.17. The first-order chi connectivity index (χ1) is 9.83. The molecule has 2 N–H and O–H groups in total. The van der Waals surface area contributed by atoms with E-state index < -0.39 is 16.0 Å². The van der Waals surface area contributed by atoms with Gasteiger partial charge >= 0.3 is 5.97 Å². The van der Waals surface area contributed by atoms with Gasteiger partial charge in [0.25, 0.3) is 0 Å². The summed E-state index contributed by atoms with van der Waals surface area (Å²) in [6.07, 6.45) is 0. The van der Waals surface area contributed by atoms with Crippen LogP contribution in [0.4, 0.5) is 0 Å². The van der Waals surface area contributed by atoms with E-state index in [0.717, 1.165) is 11.1 Å². The Balaban J connectivity index is 2.30. The summed E-state index contributed by atoms with van der Waals surface area (Å²) in [6, 6.07) is 4.23. The van der Waals surface area contributed by atoms with Crippen molar-refractivity contribution < 1.29 is 18.3 Å². The number of carboxylic acids is 1. The van der Waals surface area contributed by atoms with E-state index >= 15 is 0 Å². The predicted octanol–water partition coefficient (Wildman–Crippen LogP) is 2.54.